The van der Waals surface area contributed by atoms with Crippen LogP contribution < -0.4 is 9.47 Å². The Bertz CT molecular complexity index is 1350. The van der Waals surface area contributed by atoms with Crippen LogP contribution in [0.3, 0.4) is 0 Å². The van der Waals surface area contributed by atoms with E-state index in [9.17, 15) is 4.79 Å². The standard InChI is InChI=1S/C31H35N3O3S/c1-36-25-14-16-26(17-15-25)37-19-18-33-21-22(27-12-6-7-13-28(27)33)20-29-30(35)34(24-10-4-5-11-24)31(38-29)32-23-8-2-3-9-23/h6-7,12-17,20-21,23-24H,2-5,8-11,18-19H2,1H3. The Morgan fingerprint density at radius 3 is 2.45 bits per heavy atom. The van der Waals surface area contributed by atoms with Gasteiger partial charge in [-0.1, -0.05) is 43.9 Å². The Labute approximate surface area is 228 Å². The molecule has 3 aliphatic rings. The van der Waals surface area contributed by atoms with Crippen molar-refractivity contribution in [1.29, 1.82) is 0 Å². The van der Waals surface area contributed by atoms with Gasteiger partial charge in [0.1, 0.15) is 18.1 Å². The van der Waals surface area contributed by atoms with Gasteiger partial charge in [0.15, 0.2) is 5.17 Å². The number of thioether (sulfide) groups is 1. The minimum Gasteiger partial charge on any atom is -0.497 e. The van der Waals surface area contributed by atoms with Gasteiger partial charge in [-0.15, -0.1) is 0 Å². The Kier molecular flexibility index (Phi) is 7.45. The number of hydrogen-bond acceptors (Lipinski definition) is 5. The van der Waals surface area contributed by atoms with E-state index in [4.69, 9.17) is 14.5 Å². The average molecular weight is 530 g/mol. The highest BCUT2D eigenvalue weighted by molar-refractivity contribution is 8.18. The normalized spacial score (nSPS) is 21.0. The zero-order valence-electron chi connectivity index (χ0n) is 22.0. The number of amides is 1. The molecule has 1 aliphatic heterocycles. The van der Waals surface area contributed by atoms with Crippen molar-refractivity contribution in [1.82, 2.24) is 9.47 Å². The second-order valence-corrected chi connectivity index (χ2v) is 11.4. The molecule has 0 radical (unpaired) electrons. The van der Waals surface area contributed by atoms with Gasteiger partial charge >= 0.3 is 0 Å². The summed E-state index contributed by atoms with van der Waals surface area (Å²) in [6, 6.07) is 16.7. The van der Waals surface area contributed by atoms with E-state index in [1.54, 1.807) is 18.9 Å². The summed E-state index contributed by atoms with van der Waals surface area (Å²) in [5, 5.41) is 2.07. The third kappa shape index (κ3) is 5.21. The van der Waals surface area contributed by atoms with Gasteiger partial charge in [-0.25, -0.2) is 0 Å². The van der Waals surface area contributed by atoms with Crippen molar-refractivity contribution >= 4 is 39.8 Å². The lowest BCUT2D eigenvalue weighted by molar-refractivity contribution is -0.123. The number of nitrogens with zero attached hydrogens (tertiary/aromatic N) is 3. The number of fused-ring (bicyclic) bond motifs is 1. The molecular formula is C31H35N3O3S. The molecular weight excluding hydrogens is 494 g/mol. The van der Waals surface area contributed by atoms with Crippen LogP contribution in [0.4, 0.5) is 0 Å². The van der Waals surface area contributed by atoms with E-state index in [-0.39, 0.29) is 11.9 Å². The number of ether oxygens (including phenoxy) is 2. The fraction of sp³-hybridized carbons (Fsp3) is 0.419. The summed E-state index contributed by atoms with van der Waals surface area (Å²) in [5.74, 6) is 1.76. The van der Waals surface area contributed by atoms with Gasteiger partial charge in [-0.3, -0.25) is 14.7 Å². The van der Waals surface area contributed by atoms with Crippen molar-refractivity contribution < 1.29 is 14.3 Å². The first-order chi connectivity index (χ1) is 18.7. The lowest BCUT2D eigenvalue weighted by Gasteiger charge is -2.23. The topological polar surface area (TPSA) is 56.1 Å². The van der Waals surface area contributed by atoms with E-state index in [0.717, 1.165) is 63.7 Å². The number of carbonyl (C=O) groups is 1. The summed E-state index contributed by atoms with van der Waals surface area (Å²) in [6.07, 6.45) is 13.5. The second kappa shape index (κ2) is 11.3. The van der Waals surface area contributed by atoms with E-state index in [1.165, 1.54) is 25.7 Å². The molecule has 0 bridgehead atoms. The van der Waals surface area contributed by atoms with E-state index in [2.05, 4.69) is 41.1 Å². The van der Waals surface area contributed by atoms with Crippen molar-refractivity contribution in [2.45, 2.75) is 70.0 Å². The lowest BCUT2D eigenvalue weighted by Crippen LogP contribution is -2.38. The van der Waals surface area contributed by atoms with Gasteiger partial charge in [0.2, 0.25) is 0 Å². The van der Waals surface area contributed by atoms with Crippen LogP contribution in [0.25, 0.3) is 17.0 Å². The fourth-order valence-corrected chi connectivity index (χ4v) is 7.00. The third-order valence-corrected chi connectivity index (χ3v) is 8.91. The third-order valence-electron chi connectivity index (χ3n) is 7.91. The van der Waals surface area contributed by atoms with Gasteiger partial charge in [0.25, 0.3) is 5.91 Å². The lowest BCUT2D eigenvalue weighted by atomic mass is 10.1. The SMILES string of the molecule is COc1ccc(OCCn2cc(C=C3SC(=NC4CCCC4)N(C4CCCC4)C3=O)c3ccccc32)cc1. The Morgan fingerprint density at radius 2 is 1.68 bits per heavy atom. The molecule has 38 heavy (non-hydrogen) atoms. The van der Waals surface area contributed by atoms with Crippen LogP contribution in [-0.4, -0.2) is 46.3 Å². The molecule has 6 rings (SSSR count). The molecule has 2 aromatic carbocycles. The molecule has 2 saturated carbocycles. The number of carbonyl (C=O) groups excluding carboxylic acids is 1. The van der Waals surface area contributed by atoms with Crippen molar-refractivity contribution in [2.75, 3.05) is 13.7 Å². The summed E-state index contributed by atoms with van der Waals surface area (Å²) >= 11 is 1.57. The van der Waals surface area contributed by atoms with E-state index < -0.39 is 0 Å². The first kappa shape index (κ1) is 25.1. The molecule has 1 saturated heterocycles. The van der Waals surface area contributed by atoms with Crippen LogP contribution in [0.1, 0.15) is 56.9 Å². The van der Waals surface area contributed by atoms with Crippen molar-refractivity contribution in [3.05, 3.63) is 65.2 Å². The van der Waals surface area contributed by atoms with Gasteiger partial charge in [0, 0.05) is 28.7 Å². The van der Waals surface area contributed by atoms with Gasteiger partial charge < -0.3 is 14.0 Å². The number of aromatic nitrogens is 1. The van der Waals surface area contributed by atoms with E-state index in [1.807, 2.05) is 29.2 Å². The Hall–Kier alpha value is -3.19. The number of amidine groups is 1. The minimum absolute atomic E-state index is 0.123. The number of methoxy groups -OCH3 is 1. The zero-order chi connectivity index (χ0) is 25.9. The minimum atomic E-state index is 0.123. The van der Waals surface area contributed by atoms with Crippen LogP contribution in [0.2, 0.25) is 0 Å². The predicted octanol–water partition coefficient (Wildman–Crippen LogP) is 6.89. The number of benzene rings is 2. The molecule has 2 aliphatic carbocycles. The van der Waals surface area contributed by atoms with Crippen LogP contribution in [0.5, 0.6) is 11.5 Å². The van der Waals surface area contributed by atoms with E-state index in [0.29, 0.717) is 19.2 Å². The maximum Gasteiger partial charge on any atom is 0.267 e. The molecule has 7 heteroatoms. The van der Waals surface area contributed by atoms with Crippen molar-refractivity contribution in [2.24, 2.45) is 4.99 Å². The molecule has 3 aromatic rings. The first-order valence-electron chi connectivity index (χ1n) is 13.9. The second-order valence-electron chi connectivity index (χ2n) is 10.4. The summed E-state index contributed by atoms with van der Waals surface area (Å²) in [7, 11) is 1.66. The zero-order valence-corrected chi connectivity index (χ0v) is 22.8. The summed E-state index contributed by atoms with van der Waals surface area (Å²) in [5.41, 5.74) is 2.20. The van der Waals surface area contributed by atoms with Crippen LogP contribution in [-0.2, 0) is 11.3 Å². The van der Waals surface area contributed by atoms with Crippen LogP contribution in [0.15, 0.2) is 64.6 Å². The molecule has 0 N–H and O–H groups in total. The van der Waals surface area contributed by atoms with Crippen LogP contribution >= 0.6 is 11.8 Å². The molecule has 2 heterocycles. The highest BCUT2D eigenvalue weighted by Crippen LogP contribution is 2.39. The molecule has 0 spiro atoms. The highest BCUT2D eigenvalue weighted by atomic mass is 32.2. The Morgan fingerprint density at radius 1 is 0.974 bits per heavy atom. The van der Waals surface area contributed by atoms with Gasteiger partial charge in [0.05, 0.1) is 24.6 Å². The molecule has 0 atom stereocenters. The summed E-state index contributed by atoms with van der Waals surface area (Å²) < 4.78 is 13.4. The van der Waals surface area contributed by atoms with Crippen molar-refractivity contribution in [3.8, 4) is 11.5 Å². The molecule has 6 nitrogen and oxygen atoms in total. The number of para-hydroxylation sites is 1. The first-order valence-corrected chi connectivity index (χ1v) is 14.7. The molecule has 1 amide bonds. The number of aliphatic imine (C=N–C) groups is 1. The average Bonchev–Trinajstić information content (AvgIpc) is 3.75. The quantitative estimate of drug-likeness (QED) is 0.298. The summed E-state index contributed by atoms with van der Waals surface area (Å²) in [6.45, 7) is 1.25. The van der Waals surface area contributed by atoms with Crippen LogP contribution in [0, 0.1) is 0 Å². The maximum absolute atomic E-state index is 13.7. The van der Waals surface area contributed by atoms with Gasteiger partial charge in [-0.05, 0) is 73.9 Å². The molecule has 198 valence electrons. The highest BCUT2D eigenvalue weighted by Gasteiger charge is 2.39. The maximum atomic E-state index is 13.7. The number of rotatable bonds is 8. The Balaban J connectivity index is 1.24. The number of hydrogen-bond donors (Lipinski definition) is 0. The fourth-order valence-electron chi connectivity index (χ4n) is 5.90. The smallest absolute Gasteiger partial charge is 0.267 e. The molecule has 3 fully saturated rings. The molecule has 1 aromatic heterocycles. The predicted molar refractivity (Wildman–Crippen MR) is 155 cm³/mol. The van der Waals surface area contributed by atoms with Gasteiger partial charge in [-0.2, -0.15) is 0 Å². The largest absolute Gasteiger partial charge is 0.497 e. The van der Waals surface area contributed by atoms with Crippen molar-refractivity contribution in [3.63, 3.8) is 0 Å². The molecule has 0 unspecified atom stereocenters. The monoisotopic (exact) mass is 529 g/mol. The summed E-state index contributed by atoms with van der Waals surface area (Å²) in [4.78, 5) is 21.6. The van der Waals surface area contributed by atoms with E-state index >= 15 is 0 Å².